The fourth-order valence-corrected chi connectivity index (χ4v) is 3.43. The van der Waals surface area contributed by atoms with Gasteiger partial charge in [-0.15, -0.1) is 0 Å². The lowest BCUT2D eigenvalue weighted by Gasteiger charge is -2.11. The normalized spacial score (nSPS) is 11.3. The highest BCUT2D eigenvalue weighted by atomic mass is 35.5. The zero-order valence-electron chi connectivity index (χ0n) is 15.1. The summed E-state index contributed by atoms with van der Waals surface area (Å²) >= 11 is 6.14. The van der Waals surface area contributed by atoms with Crippen molar-refractivity contribution in [3.8, 4) is 0 Å². The Morgan fingerprint density at radius 2 is 1.84 bits per heavy atom. The maximum absolute atomic E-state index is 12.9. The van der Waals surface area contributed by atoms with Crippen LogP contribution in [-0.2, 0) is 6.54 Å². The number of benzene rings is 2. The van der Waals surface area contributed by atoms with E-state index in [2.05, 4.69) is 31.3 Å². The van der Waals surface area contributed by atoms with E-state index in [9.17, 15) is 4.79 Å². The van der Waals surface area contributed by atoms with Crippen LogP contribution in [0.2, 0.25) is 5.02 Å². The van der Waals surface area contributed by atoms with Crippen molar-refractivity contribution in [2.24, 2.45) is 0 Å². The van der Waals surface area contributed by atoms with Crippen LogP contribution in [0.3, 0.4) is 0 Å². The van der Waals surface area contributed by atoms with Gasteiger partial charge in [0, 0.05) is 28.2 Å². The molecule has 3 aromatic rings. The van der Waals surface area contributed by atoms with Crippen molar-refractivity contribution in [3.63, 3.8) is 0 Å². The Bertz CT molecular complexity index is 923. The molecule has 130 valence electrons. The first-order chi connectivity index (χ1) is 11.9. The molecule has 2 aromatic carbocycles. The number of anilines is 1. The Hall–Kier alpha value is -2.26. The zero-order valence-corrected chi connectivity index (χ0v) is 15.8. The largest absolute Gasteiger partial charge is 0.337 e. The molecule has 0 spiro atoms. The summed E-state index contributed by atoms with van der Waals surface area (Å²) in [6.07, 6.45) is 0. The molecule has 3 rings (SSSR count). The number of rotatable bonds is 4. The van der Waals surface area contributed by atoms with Crippen molar-refractivity contribution in [2.75, 3.05) is 5.32 Å². The van der Waals surface area contributed by atoms with Gasteiger partial charge in [-0.1, -0.05) is 37.6 Å². The molecule has 25 heavy (non-hydrogen) atoms. The number of hydrogen-bond donors (Lipinski definition) is 1. The first-order valence-electron chi connectivity index (χ1n) is 8.62. The minimum atomic E-state index is -0.0935. The second kappa shape index (κ2) is 6.93. The molecule has 0 bridgehead atoms. The molecular formula is C21H23ClN2O. The molecule has 0 aliphatic carbocycles. The van der Waals surface area contributed by atoms with Crippen LogP contribution in [0.4, 0.5) is 5.69 Å². The summed E-state index contributed by atoms with van der Waals surface area (Å²) in [5, 5.41) is 4.73. The quantitative estimate of drug-likeness (QED) is 0.612. The van der Waals surface area contributed by atoms with Crippen LogP contribution in [0.5, 0.6) is 0 Å². The van der Waals surface area contributed by atoms with Crippen molar-refractivity contribution in [3.05, 3.63) is 64.3 Å². The average molecular weight is 355 g/mol. The van der Waals surface area contributed by atoms with Crippen molar-refractivity contribution in [1.82, 2.24) is 4.57 Å². The second-order valence-corrected chi connectivity index (χ2v) is 7.05. The van der Waals surface area contributed by atoms with Gasteiger partial charge in [0.05, 0.1) is 0 Å². The van der Waals surface area contributed by atoms with Crippen LogP contribution in [-0.4, -0.2) is 10.5 Å². The van der Waals surface area contributed by atoms with E-state index < -0.39 is 0 Å². The van der Waals surface area contributed by atoms with Gasteiger partial charge in [-0.05, 0) is 61.2 Å². The lowest BCUT2D eigenvalue weighted by Crippen LogP contribution is -2.17. The van der Waals surface area contributed by atoms with E-state index in [4.69, 9.17) is 11.6 Å². The molecule has 3 nitrogen and oxygen atoms in total. The van der Waals surface area contributed by atoms with Crippen molar-refractivity contribution in [2.45, 2.75) is 40.2 Å². The molecule has 1 amide bonds. The smallest absolute Gasteiger partial charge is 0.272 e. The second-order valence-electron chi connectivity index (χ2n) is 6.61. The number of fused-ring (bicyclic) bond motifs is 1. The highest BCUT2D eigenvalue weighted by Gasteiger charge is 2.19. The van der Waals surface area contributed by atoms with Gasteiger partial charge in [-0.25, -0.2) is 0 Å². The summed E-state index contributed by atoms with van der Waals surface area (Å²) in [5.74, 6) is 0.378. The highest BCUT2D eigenvalue weighted by Crippen LogP contribution is 2.29. The maximum atomic E-state index is 12.9. The molecule has 0 aliphatic heterocycles. The number of hydrogen-bond acceptors (Lipinski definition) is 1. The molecule has 1 heterocycles. The van der Waals surface area contributed by atoms with Crippen LogP contribution in [0.1, 0.15) is 48.3 Å². The van der Waals surface area contributed by atoms with Crippen LogP contribution in [0.25, 0.3) is 10.9 Å². The molecule has 4 heteroatoms. The van der Waals surface area contributed by atoms with E-state index in [1.165, 1.54) is 5.56 Å². The van der Waals surface area contributed by atoms with Crippen LogP contribution < -0.4 is 5.32 Å². The zero-order chi connectivity index (χ0) is 18.1. The van der Waals surface area contributed by atoms with Gasteiger partial charge in [0.1, 0.15) is 5.69 Å². The number of carbonyl (C=O) groups is 1. The minimum Gasteiger partial charge on any atom is -0.337 e. The predicted octanol–water partition coefficient (Wildman–Crippen LogP) is 6.00. The van der Waals surface area contributed by atoms with Crippen LogP contribution in [0, 0.1) is 6.92 Å². The number of halogens is 1. The van der Waals surface area contributed by atoms with Gasteiger partial charge >= 0.3 is 0 Å². The molecule has 0 aliphatic rings. The third-order valence-electron chi connectivity index (χ3n) is 4.65. The summed E-state index contributed by atoms with van der Waals surface area (Å²) in [7, 11) is 0. The van der Waals surface area contributed by atoms with Gasteiger partial charge in [0.15, 0.2) is 0 Å². The van der Waals surface area contributed by atoms with Crippen molar-refractivity contribution < 1.29 is 4.79 Å². The standard InChI is InChI=1S/C21H23ClN2O/c1-5-24-19-11-8-16(22)12-18(19)14(4)20(24)21(25)23-17-9-6-15(7-10-17)13(2)3/h6-13H,5H2,1-4H3,(H,23,25). The van der Waals surface area contributed by atoms with Crippen molar-refractivity contribution in [1.29, 1.82) is 0 Å². The first kappa shape index (κ1) is 17.6. The number of nitrogens with zero attached hydrogens (tertiary/aromatic N) is 1. The van der Waals surface area contributed by atoms with Gasteiger partial charge in [-0.2, -0.15) is 0 Å². The van der Waals surface area contributed by atoms with E-state index >= 15 is 0 Å². The number of aromatic nitrogens is 1. The predicted molar refractivity (Wildman–Crippen MR) is 106 cm³/mol. The Kier molecular flexibility index (Phi) is 4.87. The number of amides is 1. The molecule has 0 saturated carbocycles. The van der Waals surface area contributed by atoms with Gasteiger partial charge in [0.25, 0.3) is 5.91 Å². The molecule has 0 saturated heterocycles. The Balaban J connectivity index is 1.98. The third kappa shape index (κ3) is 3.29. The van der Waals surface area contributed by atoms with E-state index in [0.29, 0.717) is 16.6 Å². The molecule has 0 atom stereocenters. The van der Waals surface area contributed by atoms with Crippen molar-refractivity contribution >= 4 is 34.1 Å². The first-order valence-corrected chi connectivity index (χ1v) is 8.99. The van der Waals surface area contributed by atoms with E-state index in [0.717, 1.165) is 28.7 Å². The number of nitrogens with one attached hydrogen (secondary N) is 1. The van der Waals surface area contributed by atoms with Gasteiger partial charge in [-0.3, -0.25) is 4.79 Å². The Morgan fingerprint density at radius 3 is 2.44 bits per heavy atom. The lowest BCUT2D eigenvalue weighted by atomic mass is 10.0. The van der Waals surface area contributed by atoms with Gasteiger partial charge in [0.2, 0.25) is 0 Å². The Morgan fingerprint density at radius 1 is 1.16 bits per heavy atom. The number of aryl methyl sites for hydroxylation is 2. The summed E-state index contributed by atoms with van der Waals surface area (Å²) in [5.41, 5.74) is 4.74. The van der Waals surface area contributed by atoms with Crippen LogP contribution in [0.15, 0.2) is 42.5 Å². The topological polar surface area (TPSA) is 34.0 Å². The molecule has 1 N–H and O–H groups in total. The van der Waals surface area contributed by atoms with E-state index in [1.807, 2.05) is 48.7 Å². The van der Waals surface area contributed by atoms with Gasteiger partial charge < -0.3 is 9.88 Å². The number of carbonyl (C=O) groups excluding carboxylic acids is 1. The fourth-order valence-electron chi connectivity index (χ4n) is 3.26. The maximum Gasteiger partial charge on any atom is 0.272 e. The molecule has 0 unspecified atom stereocenters. The molecular weight excluding hydrogens is 332 g/mol. The molecule has 0 fully saturated rings. The summed E-state index contributed by atoms with van der Waals surface area (Å²) in [6, 6.07) is 13.8. The minimum absolute atomic E-state index is 0.0935. The highest BCUT2D eigenvalue weighted by molar-refractivity contribution is 6.31. The molecule has 0 radical (unpaired) electrons. The third-order valence-corrected chi connectivity index (χ3v) is 4.88. The Labute approximate surface area is 153 Å². The SMILES string of the molecule is CCn1c(C(=O)Nc2ccc(C(C)C)cc2)c(C)c2cc(Cl)ccc21. The fraction of sp³-hybridized carbons (Fsp3) is 0.286. The summed E-state index contributed by atoms with van der Waals surface area (Å²) < 4.78 is 2.04. The van der Waals surface area contributed by atoms with E-state index in [1.54, 1.807) is 0 Å². The summed E-state index contributed by atoms with van der Waals surface area (Å²) in [6.45, 7) is 9.05. The van der Waals surface area contributed by atoms with Crippen LogP contribution >= 0.6 is 11.6 Å². The van der Waals surface area contributed by atoms with E-state index in [-0.39, 0.29) is 5.91 Å². The monoisotopic (exact) mass is 354 g/mol. The summed E-state index contributed by atoms with van der Waals surface area (Å²) in [4.78, 5) is 12.9. The molecule has 1 aromatic heterocycles. The lowest BCUT2D eigenvalue weighted by molar-refractivity contribution is 0.101. The average Bonchev–Trinajstić information content (AvgIpc) is 2.87.